The van der Waals surface area contributed by atoms with Crippen LogP contribution in [0.25, 0.3) is 11.2 Å². The molecule has 1 unspecified atom stereocenters. The van der Waals surface area contributed by atoms with Crippen LogP contribution in [-0.2, 0) is 0 Å². The third-order valence-electron chi connectivity index (χ3n) is 6.13. The number of rotatable bonds is 5. The van der Waals surface area contributed by atoms with Gasteiger partial charge in [-0.3, -0.25) is 0 Å². The average molecular weight is 464 g/mol. The highest BCUT2D eigenvalue weighted by molar-refractivity contribution is 6.32. The number of nitrogens with zero attached hydrogens (tertiary/aromatic N) is 7. The van der Waals surface area contributed by atoms with Crippen LogP contribution in [0.4, 0.5) is 17.6 Å². The summed E-state index contributed by atoms with van der Waals surface area (Å²) >= 11 is 6.58. The molecule has 10 heteroatoms. The number of hydrogen-bond donors (Lipinski definition) is 2. The zero-order valence-electron chi connectivity index (χ0n) is 18.6. The second-order valence-corrected chi connectivity index (χ2v) is 8.77. The molecule has 2 aromatic heterocycles. The molecule has 3 aromatic rings. The van der Waals surface area contributed by atoms with Crippen LogP contribution in [-0.4, -0.2) is 59.2 Å². The lowest BCUT2D eigenvalue weighted by Crippen LogP contribution is -2.44. The molecule has 0 bridgehead atoms. The van der Waals surface area contributed by atoms with E-state index in [1.807, 2.05) is 25.1 Å². The first-order chi connectivity index (χ1) is 16.1. The number of nitrogens with one attached hydrogen (secondary N) is 2. The summed E-state index contributed by atoms with van der Waals surface area (Å²) in [5.41, 5.74) is 2.74. The Labute approximate surface area is 197 Å². The van der Waals surface area contributed by atoms with Gasteiger partial charge in [0.15, 0.2) is 28.0 Å². The largest absolute Gasteiger partial charge is 0.361 e. The summed E-state index contributed by atoms with van der Waals surface area (Å²) in [6.45, 7) is 7.39. The van der Waals surface area contributed by atoms with E-state index in [4.69, 9.17) is 26.6 Å². The second kappa shape index (κ2) is 9.33. The van der Waals surface area contributed by atoms with E-state index in [-0.39, 0.29) is 11.2 Å². The lowest BCUT2D eigenvalue weighted by Gasteiger charge is -2.28. The quantitative estimate of drug-likeness (QED) is 0.590. The molecule has 0 saturated carbocycles. The molecule has 2 fully saturated rings. The van der Waals surface area contributed by atoms with Crippen molar-refractivity contribution in [2.45, 2.75) is 25.8 Å². The Bertz CT molecular complexity index is 1200. The summed E-state index contributed by atoms with van der Waals surface area (Å²) in [5.74, 6) is 1.96. The molecule has 0 radical (unpaired) electrons. The van der Waals surface area contributed by atoms with Crippen molar-refractivity contribution < 1.29 is 0 Å². The first kappa shape index (κ1) is 21.6. The van der Waals surface area contributed by atoms with Crippen molar-refractivity contribution in [1.29, 1.82) is 5.26 Å². The second-order valence-electron chi connectivity index (χ2n) is 8.42. The number of benzene rings is 1. The summed E-state index contributed by atoms with van der Waals surface area (Å²) in [6, 6.07) is 9.55. The van der Waals surface area contributed by atoms with Gasteiger partial charge < -0.3 is 20.4 Å². The SMILES string of the molecule is CC(Nc1nc2nc(N3CCNCC3)nc(N3CCCC3)c2nc1Cl)c1cccc(C#N)c1. The molecule has 5 rings (SSSR count). The molecule has 33 heavy (non-hydrogen) atoms. The summed E-state index contributed by atoms with van der Waals surface area (Å²) in [4.78, 5) is 23.6. The predicted octanol–water partition coefficient (Wildman–Crippen LogP) is 3.13. The zero-order chi connectivity index (χ0) is 22.8. The molecule has 9 nitrogen and oxygen atoms in total. The normalized spacial score (nSPS) is 17.2. The fourth-order valence-corrected chi connectivity index (χ4v) is 4.50. The zero-order valence-corrected chi connectivity index (χ0v) is 19.3. The minimum atomic E-state index is -0.116. The van der Waals surface area contributed by atoms with Gasteiger partial charge in [0.05, 0.1) is 17.7 Å². The van der Waals surface area contributed by atoms with E-state index >= 15 is 0 Å². The van der Waals surface area contributed by atoms with Crippen molar-refractivity contribution in [3.8, 4) is 6.07 Å². The van der Waals surface area contributed by atoms with Crippen LogP contribution >= 0.6 is 11.6 Å². The molecule has 2 aliphatic heterocycles. The van der Waals surface area contributed by atoms with Gasteiger partial charge in [-0.15, -0.1) is 0 Å². The maximum absolute atomic E-state index is 9.21. The van der Waals surface area contributed by atoms with Gasteiger partial charge in [-0.2, -0.15) is 15.2 Å². The van der Waals surface area contributed by atoms with E-state index in [0.29, 0.717) is 28.5 Å². The summed E-state index contributed by atoms with van der Waals surface area (Å²) in [7, 11) is 0. The number of hydrogen-bond acceptors (Lipinski definition) is 9. The Kier molecular flexibility index (Phi) is 6.11. The number of halogens is 1. The van der Waals surface area contributed by atoms with Gasteiger partial charge in [0, 0.05) is 39.3 Å². The van der Waals surface area contributed by atoms with E-state index in [9.17, 15) is 5.26 Å². The van der Waals surface area contributed by atoms with Crippen LogP contribution in [0.1, 0.15) is 36.9 Å². The van der Waals surface area contributed by atoms with Crippen molar-refractivity contribution in [2.24, 2.45) is 0 Å². The fraction of sp³-hybridized carbons (Fsp3) is 0.435. The molecule has 4 heterocycles. The maximum atomic E-state index is 9.21. The van der Waals surface area contributed by atoms with Crippen LogP contribution < -0.4 is 20.4 Å². The van der Waals surface area contributed by atoms with Gasteiger partial charge in [-0.25, -0.2) is 9.97 Å². The predicted molar refractivity (Wildman–Crippen MR) is 130 cm³/mol. The fourth-order valence-electron chi connectivity index (χ4n) is 4.31. The molecular weight excluding hydrogens is 438 g/mol. The smallest absolute Gasteiger partial charge is 0.229 e. The number of anilines is 3. The lowest BCUT2D eigenvalue weighted by molar-refractivity contribution is 0.580. The van der Waals surface area contributed by atoms with E-state index in [2.05, 4.69) is 31.5 Å². The summed E-state index contributed by atoms with van der Waals surface area (Å²) in [6.07, 6.45) is 2.27. The molecule has 0 amide bonds. The number of fused-ring (bicyclic) bond motifs is 1. The molecular formula is C23H26ClN9. The van der Waals surface area contributed by atoms with E-state index in [1.54, 1.807) is 6.07 Å². The molecule has 2 aliphatic rings. The Morgan fingerprint density at radius 3 is 2.61 bits per heavy atom. The van der Waals surface area contributed by atoms with Crippen molar-refractivity contribution in [3.05, 3.63) is 40.5 Å². The third-order valence-corrected chi connectivity index (χ3v) is 6.40. The monoisotopic (exact) mass is 463 g/mol. The number of nitriles is 1. The minimum absolute atomic E-state index is 0.116. The molecule has 1 aromatic carbocycles. The van der Waals surface area contributed by atoms with E-state index in [1.165, 1.54) is 0 Å². The van der Waals surface area contributed by atoms with Gasteiger partial charge >= 0.3 is 0 Å². The topological polar surface area (TPSA) is 106 Å². The van der Waals surface area contributed by atoms with Crippen LogP contribution in [0.3, 0.4) is 0 Å². The Hall–Kier alpha value is -3.22. The van der Waals surface area contributed by atoms with Crippen molar-refractivity contribution in [1.82, 2.24) is 25.3 Å². The van der Waals surface area contributed by atoms with Gasteiger partial charge in [0.2, 0.25) is 5.95 Å². The van der Waals surface area contributed by atoms with Gasteiger partial charge in [-0.1, -0.05) is 23.7 Å². The highest BCUT2D eigenvalue weighted by Gasteiger charge is 2.24. The summed E-state index contributed by atoms with van der Waals surface area (Å²) in [5, 5.41) is 16.2. The Morgan fingerprint density at radius 1 is 1.06 bits per heavy atom. The van der Waals surface area contributed by atoms with E-state index in [0.717, 1.165) is 63.5 Å². The molecule has 0 aliphatic carbocycles. The average Bonchev–Trinajstić information content (AvgIpc) is 3.39. The standard InChI is InChI=1S/C23H26ClN9/c1-15(17-6-4-5-16(13-17)14-25)27-21-19(24)28-18-20(29-21)30-23(33-11-7-26-8-12-33)31-22(18)32-9-2-3-10-32/h4-6,13,15,26H,2-3,7-12H2,1H3,(H,27,29,30,31). The van der Waals surface area contributed by atoms with Gasteiger partial charge in [-0.05, 0) is 37.5 Å². The molecule has 0 spiro atoms. The van der Waals surface area contributed by atoms with Crippen LogP contribution in [0.5, 0.6) is 0 Å². The maximum Gasteiger partial charge on any atom is 0.229 e. The van der Waals surface area contributed by atoms with Crippen molar-refractivity contribution in [2.75, 3.05) is 54.4 Å². The third kappa shape index (κ3) is 4.49. The van der Waals surface area contributed by atoms with Crippen molar-refractivity contribution >= 4 is 40.3 Å². The van der Waals surface area contributed by atoms with Crippen LogP contribution in [0, 0.1) is 11.3 Å². The summed E-state index contributed by atoms with van der Waals surface area (Å²) < 4.78 is 0. The van der Waals surface area contributed by atoms with E-state index < -0.39 is 0 Å². The lowest BCUT2D eigenvalue weighted by atomic mass is 10.1. The number of aromatic nitrogens is 4. The number of piperazine rings is 1. The highest BCUT2D eigenvalue weighted by atomic mass is 35.5. The molecule has 170 valence electrons. The minimum Gasteiger partial charge on any atom is -0.361 e. The molecule has 2 saturated heterocycles. The Balaban J connectivity index is 1.53. The van der Waals surface area contributed by atoms with Crippen LogP contribution in [0.2, 0.25) is 5.15 Å². The highest BCUT2D eigenvalue weighted by Crippen LogP contribution is 2.31. The Morgan fingerprint density at radius 2 is 1.85 bits per heavy atom. The van der Waals surface area contributed by atoms with Gasteiger partial charge in [0.25, 0.3) is 0 Å². The molecule has 1 atom stereocenters. The van der Waals surface area contributed by atoms with Crippen LogP contribution in [0.15, 0.2) is 24.3 Å². The van der Waals surface area contributed by atoms with Gasteiger partial charge in [0.1, 0.15) is 0 Å². The molecule has 2 N–H and O–H groups in total. The first-order valence-electron chi connectivity index (χ1n) is 11.3. The first-order valence-corrected chi connectivity index (χ1v) is 11.7. The van der Waals surface area contributed by atoms with Crippen molar-refractivity contribution in [3.63, 3.8) is 0 Å².